The van der Waals surface area contributed by atoms with E-state index in [1.54, 1.807) is 30.3 Å². The summed E-state index contributed by atoms with van der Waals surface area (Å²) >= 11 is 5.93. The SMILES string of the molecule is CNC(=O)c1cc(CC(Cc2c[nH]c3ccccc23)NC(=O)c2ccc(Cl)cc2)on1. The van der Waals surface area contributed by atoms with E-state index in [1.807, 2.05) is 30.5 Å². The van der Waals surface area contributed by atoms with Gasteiger partial charge in [-0.05, 0) is 42.3 Å². The molecule has 1 atom stereocenters. The second-order valence-corrected chi connectivity index (χ2v) is 7.64. The van der Waals surface area contributed by atoms with Gasteiger partial charge in [0.25, 0.3) is 11.8 Å². The molecule has 0 bridgehead atoms. The summed E-state index contributed by atoms with van der Waals surface area (Å²) in [6, 6.07) is 16.0. The fourth-order valence-electron chi connectivity index (χ4n) is 3.50. The third-order valence-electron chi connectivity index (χ3n) is 5.05. The number of rotatable bonds is 7. The largest absolute Gasteiger partial charge is 0.361 e. The van der Waals surface area contributed by atoms with E-state index in [9.17, 15) is 9.59 Å². The van der Waals surface area contributed by atoms with Crippen molar-refractivity contribution in [3.63, 3.8) is 0 Å². The Balaban J connectivity index is 1.58. The molecule has 0 spiro atoms. The average molecular weight is 437 g/mol. The van der Waals surface area contributed by atoms with Gasteiger partial charge in [-0.1, -0.05) is 35.0 Å². The second kappa shape index (κ2) is 9.06. The van der Waals surface area contributed by atoms with Crippen molar-refractivity contribution in [3.8, 4) is 0 Å². The fraction of sp³-hybridized carbons (Fsp3) is 0.174. The lowest BCUT2D eigenvalue weighted by atomic mass is 10.0. The zero-order valence-electron chi connectivity index (χ0n) is 16.8. The highest BCUT2D eigenvalue weighted by Crippen LogP contribution is 2.21. The number of aromatic amines is 1. The Morgan fingerprint density at radius 1 is 1.10 bits per heavy atom. The molecule has 4 rings (SSSR count). The third-order valence-corrected chi connectivity index (χ3v) is 5.30. The van der Waals surface area contributed by atoms with Crippen molar-refractivity contribution in [2.75, 3.05) is 7.05 Å². The van der Waals surface area contributed by atoms with E-state index in [0.29, 0.717) is 29.2 Å². The molecule has 0 aliphatic heterocycles. The molecule has 0 aliphatic carbocycles. The van der Waals surface area contributed by atoms with Gasteiger partial charge in [0, 0.05) is 53.3 Å². The Morgan fingerprint density at radius 2 is 1.87 bits per heavy atom. The quantitative estimate of drug-likeness (QED) is 0.410. The van der Waals surface area contributed by atoms with Gasteiger partial charge >= 0.3 is 0 Å². The number of benzene rings is 2. The van der Waals surface area contributed by atoms with Gasteiger partial charge in [-0.25, -0.2) is 0 Å². The van der Waals surface area contributed by atoms with Gasteiger partial charge in [0.15, 0.2) is 5.69 Å². The number of aromatic nitrogens is 2. The fourth-order valence-corrected chi connectivity index (χ4v) is 3.62. The van der Waals surface area contributed by atoms with Crippen molar-refractivity contribution >= 4 is 34.3 Å². The number of carbonyl (C=O) groups excluding carboxylic acids is 2. The molecule has 0 saturated carbocycles. The van der Waals surface area contributed by atoms with Crippen LogP contribution in [0.4, 0.5) is 0 Å². The summed E-state index contributed by atoms with van der Waals surface area (Å²) in [6.07, 6.45) is 2.89. The highest BCUT2D eigenvalue weighted by atomic mass is 35.5. The van der Waals surface area contributed by atoms with Crippen molar-refractivity contribution < 1.29 is 14.1 Å². The molecule has 0 aliphatic rings. The summed E-state index contributed by atoms with van der Waals surface area (Å²) in [4.78, 5) is 27.9. The lowest BCUT2D eigenvalue weighted by molar-refractivity contribution is 0.0933. The number of hydrogen-bond donors (Lipinski definition) is 3. The maximum absolute atomic E-state index is 12.8. The predicted molar refractivity (Wildman–Crippen MR) is 118 cm³/mol. The standard InChI is InChI=1S/C23H21ClN4O3/c1-25-23(30)21-12-18(31-28-21)11-17(27-22(29)14-6-8-16(24)9-7-14)10-15-13-26-20-5-3-2-4-19(15)20/h2-9,12-13,17,26H,10-11H2,1H3,(H,25,30)(H,27,29). The number of H-pyrrole nitrogens is 1. The van der Waals surface area contributed by atoms with E-state index in [-0.39, 0.29) is 23.6 Å². The van der Waals surface area contributed by atoms with Gasteiger partial charge in [-0.15, -0.1) is 0 Å². The lowest BCUT2D eigenvalue weighted by Gasteiger charge is -2.17. The average Bonchev–Trinajstić information content (AvgIpc) is 3.41. The number of carbonyl (C=O) groups is 2. The highest BCUT2D eigenvalue weighted by Gasteiger charge is 2.20. The van der Waals surface area contributed by atoms with Crippen molar-refractivity contribution in [1.29, 1.82) is 0 Å². The summed E-state index contributed by atoms with van der Waals surface area (Å²) in [5.74, 6) is -0.0271. The van der Waals surface area contributed by atoms with Crippen LogP contribution in [0, 0.1) is 0 Å². The first-order valence-electron chi connectivity index (χ1n) is 9.82. The first-order chi connectivity index (χ1) is 15.0. The van der Waals surface area contributed by atoms with Crippen molar-refractivity contribution in [2.24, 2.45) is 0 Å². The molecular weight excluding hydrogens is 416 g/mol. The van der Waals surface area contributed by atoms with Crippen LogP contribution >= 0.6 is 11.6 Å². The summed E-state index contributed by atoms with van der Waals surface area (Å²) in [7, 11) is 1.53. The number of para-hydroxylation sites is 1. The van der Waals surface area contributed by atoms with E-state index >= 15 is 0 Å². The monoisotopic (exact) mass is 436 g/mol. The van der Waals surface area contributed by atoms with Crippen LogP contribution in [-0.2, 0) is 12.8 Å². The minimum absolute atomic E-state index is 0.201. The normalized spacial score (nSPS) is 11.9. The molecule has 0 saturated heterocycles. The van der Waals surface area contributed by atoms with Crippen LogP contribution < -0.4 is 10.6 Å². The summed E-state index contributed by atoms with van der Waals surface area (Å²) in [5.41, 5.74) is 2.81. The highest BCUT2D eigenvalue weighted by molar-refractivity contribution is 6.30. The van der Waals surface area contributed by atoms with Gasteiger partial charge in [-0.2, -0.15) is 0 Å². The molecule has 8 heteroatoms. The molecule has 2 aromatic heterocycles. The Kier molecular flexibility index (Phi) is 6.04. The molecule has 158 valence electrons. The minimum atomic E-state index is -0.326. The Morgan fingerprint density at radius 3 is 2.65 bits per heavy atom. The first kappa shape index (κ1) is 20.7. The van der Waals surface area contributed by atoms with Gasteiger partial charge in [0.1, 0.15) is 5.76 Å². The molecule has 2 amide bonds. The molecule has 2 heterocycles. The Hall–Kier alpha value is -3.58. The Bertz CT molecular complexity index is 1210. The van der Waals surface area contributed by atoms with Crippen LogP contribution in [0.1, 0.15) is 32.2 Å². The number of nitrogens with one attached hydrogen (secondary N) is 3. The number of hydrogen-bond acceptors (Lipinski definition) is 4. The predicted octanol–water partition coefficient (Wildman–Crippen LogP) is 3.75. The van der Waals surface area contributed by atoms with Crippen LogP contribution in [0.3, 0.4) is 0 Å². The van der Waals surface area contributed by atoms with Crippen molar-refractivity contribution in [2.45, 2.75) is 18.9 Å². The molecule has 31 heavy (non-hydrogen) atoms. The van der Waals surface area contributed by atoms with E-state index in [2.05, 4.69) is 20.8 Å². The summed E-state index contributed by atoms with van der Waals surface area (Å²) in [6.45, 7) is 0. The zero-order chi connectivity index (χ0) is 21.8. The van der Waals surface area contributed by atoms with Crippen LogP contribution in [-0.4, -0.2) is 35.0 Å². The number of halogens is 1. The smallest absolute Gasteiger partial charge is 0.273 e. The summed E-state index contributed by atoms with van der Waals surface area (Å²) < 4.78 is 5.34. The molecule has 2 aromatic carbocycles. The third kappa shape index (κ3) is 4.78. The van der Waals surface area contributed by atoms with E-state index in [1.165, 1.54) is 7.05 Å². The van der Waals surface area contributed by atoms with Crippen molar-refractivity contribution in [3.05, 3.63) is 88.4 Å². The van der Waals surface area contributed by atoms with E-state index in [4.69, 9.17) is 16.1 Å². The maximum atomic E-state index is 12.8. The molecule has 0 radical (unpaired) electrons. The van der Waals surface area contributed by atoms with Crippen LogP contribution in [0.25, 0.3) is 10.9 Å². The Labute approximate surface area is 183 Å². The van der Waals surface area contributed by atoms with Gasteiger partial charge in [0.05, 0.1) is 0 Å². The van der Waals surface area contributed by atoms with Crippen LogP contribution in [0.15, 0.2) is 65.3 Å². The first-order valence-corrected chi connectivity index (χ1v) is 10.2. The van der Waals surface area contributed by atoms with Gasteiger partial charge in [-0.3, -0.25) is 9.59 Å². The van der Waals surface area contributed by atoms with E-state index < -0.39 is 0 Å². The van der Waals surface area contributed by atoms with Gasteiger partial charge in [0.2, 0.25) is 0 Å². The van der Waals surface area contributed by atoms with E-state index in [0.717, 1.165) is 16.5 Å². The molecule has 0 fully saturated rings. The zero-order valence-corrected chi connectivity index (χ0v) is 17.6. The van der Waals surface area contributed by atoms with Crippen molar-refractivity contribution in [1.82, 2.24) is 20.8 Å². The van der Waals surface area contributed by atoms with Crippen LogP contribution in [0.2, 0.25) is 5.02 Å². The molecule has 4 aromatic rings. The summed E-state index contributed by atoms with van der Waals surface area (Å²) in [5, 5.41) is 11.1. The molecule has 7 nitrogen and oxygen atoms in total. The second-order valence-electron chi connectivity index (χ2n) is 7.20. The molecule has 3 N–H and O–H groups in total. The number of nitrogens with zero attached hydrogens (tertiary/aromatic N) is 1. The number of amides is 2. The molecule has 1 unspecified atom stereocenters. The lowest BCUT2D eigenvalue weighted by Crippen LogP contribution is -2.38. The maximum Gasteiger partial charge on any atom is 0.273 e. The molecular formula is C23H21ClN4O3. The van der Waals surface area contributed by atoms with Gasteiger partial charge < -0.3 is 20.1 Å². The minimum Gasteiger partial charge on any atom is -0.361 e. The van der Waals surface area contributed by atoms with Crippen LogP contribution in [0.5, 0.6) is 0 Å². The number of fused-ring (bicyclic) bond motifs is 1. The topological polar surface area (TPSA) is 100 Å².